The Bertz CT molecular complexity index is 414. The van der Waals surface area contributed by atoms with Crippen molar-refractivity contribution >= 4 is 33.0 Å². The van der Waals surface area contributed by atoms with E-state index in [0.717, 1.165) is 23.7 Å². The van der Waals surface area contributed by atoms with Crippen molar-refractivity contribution in [3.05, 3.63) is 20.8 Å². The Kier molecular flexibility index (Phi) is 2.46. The van der Waals surface area contributed by atoms with Gasteiger partial charge >= 0.3 is 0 Å². The van der Waals surface area contributed by atoms with Crippen LogP contribution in [0.5, 0.6) is 0 Å². The van der Waals surface area contributed by atoms with Crippen LogP contribution in [0.2, 0.25) is 0 Å². The highest BCUT2D eigenvalue weighted by molar-refractivity contribution is 9.10. The van der Waals surface area contributed by atoms with Crippen molar-refractivity contribution in [2.24, 2.45) is 5.41 Å². The van der Waals surface area contributed by atoms with E-state index < -0.39 is 5.41 Å². The van der Waals surface area contributed by atoms with Crippen LogP contribution in [0.1, 0.15) is 28.9 Å². The van der Waals surface area contributed by atoms with Crippen LogP contribution in [0.4, 0.5) is 0 Å². The average molecular weight is 270 g/mol. The van der Waals surface area contributed by atoms with Crippen molar-refractivity contribution in [3.8, 4) is 6.07 Å². The lowest BCUT2D eigenvalue weighted by Gasteiger charge is -2.32. The van der Waals surface area contributed by atoms with Crippen molar-refractivity contribution in [2.75, 3.05) is 0 Å². The summed E-state index contributed by atoms with van der Waals surface area (Å²) in [5.74, 6) is 0.00181. The monoisotopic (exact) mass is 269 g/mol. The molecule has 0 aliphatic heterocycles. The Morgan fingerprint density at radius 1 is 1.64 bits per heavy atom. The van der Waals surface area contributed by atoms with E-state index >= 15 is 0 Å². The number of ketones is 1. The highest BCUT2D eigenvalue weighted by Crippen LogP contribution is 2.44. The molecule has 0 spiro atoms. The molecule has 1 aliphatic rings. The van der Waals surface area contributed by atoms with Crippen LogP contribution in [0.15, 0.2) is 15.9 Å². The number of nitrogens with zero attached hydrogens (tertiary/aromatic N) is 1. The third kappa shape index (κ3) is 1.41. The van der Waals surface area contributed by atoms with E-state index in [0.29, 0.717) is 4.88 Å². The van der Waals surface area contributed by atoms with E-state index in [-0.39, 0.29) is 5.78 Å². The van der Waals surface area contributed by atoms with Gasteiger partial charge in [0.05, 0.1) is 10.9 Å². The van der Waals surface area contributed by atoms with Gasteiger partial charge in [-0.1, -0.05) is 0 Å². The second-order valence-corrected chi connectivity index (χ2v) is 5.33. The maximum atomic E-state index is 12.0. The molecule has 0 N–H and O–H groups in total. The molecular formula is C10H8BrNOS. The number of hydrogen-bond acceptors (Lipinski definition) is 3. The molecule has 0 unspecified atom stereocenters. The van der Waals surface area contributed by atoms with Gasteiger partial charge in [0.1, 0.15) is 5.41 Å². The minimum Gasteiger partial charge on any atom is -0.291 e. The smallest absolute Gasteiger partial charge is 0.192 e. The van der Waals surface area contributed by atoms with Gasteiger partial charge in [-0.2, -0.15) is 5.26 Å². The normalized spacial score (nSPS) is 18.3. The zero-order valence-corrected chi connectivity index (χ0v) is 9.82. The quantitative estimate of drug-likeness (QED) is 0.773. The molecule has 72 valence electrons. The minimum absolute atomic E-state index is 0.00181. The zero-order chi connectivity index (χ0) is 10.2. The van der Waals surface area contributed by atoms with Gasteiger partial charge < -0.3 is 0 Å². The molecular weight excluding hydrogens is 262 g/mol. The van der Waals surface area contributed by atoms with Crippen LogP contribution in [0.25, 0.3) is 0 Å². The standard InChI is InChI=1S/C10H8BrNOS/c11-7-4-8(14-5-7)9(13)10(6-12)2-1-3-10/h4-5H,1-3H2. The molecule has 1 heterocycles. The number of carbonyl (C=O) groups excluding carboxylic acids is 1. The fourth-order valence-corrected chi connectivity index (χ4v) is 3.05. The van der Waals surface area contributed by atoms with E-state index in [2.05, 4.69) is 22.0 Å². The Hall–Kier alpha value is -0.660. The van der Waals surface area contributed by atoms with Crippen LogP contribution in [0.3, 0.4) is 0 Å². The van der Waals surface area contributed by atoms with Crippen LogP contribution < -0.4 is 0 Å². The number of rotatable bonds is 2. The Labute approximate surface area is 94.7 Å². The largest absolute Gasteiger partial charge is 0.291 e. The van der Waals surface area contributed by atoms with Crippen molar-refractivity contribution in [2.45, 2.75) is 19.3 Å². The van der Waals surface area contributed by atoms with Crippen molar-refractivity contribution in [1.82, 2.24) is 0 Å². The first-order valence-electron chi connectivity index (χ1n) is 4.38. The lowest BCUT2D eigenvalue weighted by atomic mass is 9.67. The predicted octanol–water partition coefficient (Wildman–Crippen LogP) is 3.39. The number of thiophene rings is 1. The van der Waals surface area contributed by atoms with Gasteiger partial charge in [-0.25, -0.2) is 0 Å². The summed E-state index contributed by atoms with van der Waals surface area (Å²) in [6, 6.07) is 3.96. The van der Waals surface area contributed by atoms with E-state index in [9.17, 15) is 4.79 Å². The molecule has 0 saturated heterocycles. The van der Waals surface area contributed by atoms with E-state index in [1.54, 1.807) is 6.07 Å². The fourth-order valence-electron chi connectivity index (χ4n) is 1.59. The molecule has 1 aromatic heterocycles. The third-order valence-electron chi connectivity index (χ3n) is 2.65. The first-order valence-corrected chi connectivity index (χ1v) is 6.05. The van der Waals surface area contributed by atoms with Crippen LogP contribution >= 0.6 is 27.3 Å². The number of nitriles is 1. The molecule has 0 radical (unpaired) electrons. The maximum Gasteiger partial charge on any atom is 0.192 e. The van der Waals surface area contributed by atoms with Crippen LogP contribution in [-0.2, 0) is 0 Å². The first-order chi connectivity index (χ1) is 6.68. The summed E-state index contributed by atoms with van der Waals surface area (Å²) in [4.78, 5) is 12.7. The summed E-state index contributed by atoms with van der Waals surface area (Å²) < 4.78 is 0.915. The van der Waals surface area contributed by atoms with Gasteiger partial charge in [0.2, 0.25) is 0 Å². The highest BCUT2D eigenvalue weighted by Gasteiger charge is 2.45. The van der Waals surface area contributed by atoms with E-state index in [4.69, 9.17) is 5.26 Å². The molecule has 1 aliphatic carbocycles. The number of halogens is 1. The van der Waals surface area contributed by atoms with Crippen LogP contribution in [-0.4, -0.2) is 5.78 Å². The number of carbonyl (C=O) groups is 1. The predicted molar refractivity (Wildman–Crippen MR) is 58.2 cm³/mol. The maximum absolute atomic E-state index is 12.0. The summed E-state index contributed by atoms with van der Waals surface area (Å²) >= 11 is 4.71. The van der Waals surface area contributed by atoms with Crippen molar-refractivity contribution < 1.29 is 4.79 Å². The Balaban J connectivity index is 2.28. The lowest BCUT2D eigenvalue weighted by Crippen LogP contribution is -2.36. The second kappa shape index (κ2) is 3.48. The average Bonchev–Trinajstić information content (AvgIpc) is 2.50. The summed E-state index contributed by atoms with van der Waals surface area (Å²) in [7, 11) is 0. The molecule has 2 nitrogen and oxygen atoms in total. The fraction of sp³-hybridized carbons (Fsp3) is 0.400. The summed E-state index contributed by atoms with van der Waals surface area (Å²) in [5.41, 5.74) is -0.704. The van der Waals surface area contributed by atoms with Gasteiger partial charge in [0, 0.05) is 9.85 Å². The third-order valence-corrected chi connectivity index (χ3v) is 4.34. The molecule has 0 atom stereocenters. The molecule has 0 aromatic carbocycles. The molecule has 1 fully saturated rings. The number of Topliss-reactive ketones (excluding diaryl/α,β-unsaturated/α-hetero) is 1. The SMILES string of the molecule is N#CC1(C(=O)c2cc(Br)cs2)CCC1. The van der Waals surface area contributed by atoms with E-state index in [1.807, 2.05) is 5.38 Å². The molecule has 4 heteroatoms. The van der Waals surface area contributed by atoms with E-state index in [1.165, 1.54) is 11.3 Å². The highest BCUT2D eigenvalue weighted by atomic mass is 79.9. The van der Waals surface area contributed by atoms with Crippen molar-refractivity contribution in [1.29, 1.82) is 5.26 Å². The zero-order valence-electron chi connectivity index (χ0n) is 7.42. The Morgan fingerprint density at radius 3 is 2.71 bits per heavy atom. The van der Waals surface area contributed by atoms with Crippen molar-refractivity contribution in [3.63, 3.8) is 0 Å². The summed E-state index contributed by atoms with van der Waals surface area (Å²) in [5, 5.41) is 10.9. The molecule has 2 rings (SSSR count). The van der Waals surface area contributed by atoms with Gasteiger partial charge in [0.25, 0.3) is 0 Å². The van der Waals surface area contributed by atoms with Gasteiger partial charge in [-0.3, -0.25) is 4.79 Å². The molecule has 14 heavy (non-hydrogen) atoms. The first kappa shape index (κ1) is 9.88. The Morgan fingerprint density at radius 2 is 2.36 bits per heavy atom. The van der Waals surface area contributed by atoms with Gasteiger partial charge in [0.15, 0.2) is 5.78 Å². The molecule has 0 amide bonds. The second-order valence-electron chi connectivity index (χ2n) is 3.51. The van der Waals surface area contributed by atoms with Gasteiger partial charge in [-0.05, 0) is 41.3 Å². The van der Waals surface area contributed by atoms with Gasteiger partial charge in [-0.15, -0.1) is 11.3 Å². The summed E-state index contributed by atoms with van der Waals surface area (Å²) in [6.45, 7) is 0. The van der Waals surface area contributed by atoms with Crippen LogP contribution in [0, 0.1) is 16.7 Å². The number of hydrogen-bond donors (Lipinski definition) is 0. The lowest BCUT2D eigenvalue weighted by molar-refractivity contribution is 0.0753. The molecule has 0 bridgehead atoms. The summed E-state index contributed by atoms with van der Waals surface area (Å²) in [6.07, 6.45) is 2.43. The topological polar surface area (TPSA) is 40.9 Å². The molecule has 1 aromatic rings. The molecule has 1 saturated carbocycles. The minimum atomic E-state index is -0.704.